The maximum Gasteiger partial charge on any atom is 0.407 e. The van der Waals surface area contributed by atoms with E-state index in [0.29, 0.717) is 52.4 Å². The molecule has 0 saturated heterocycles. The van der Waals surface area contributed by atoms with E-state index in [2.05, 4.69) is 24.5 Å². The lowest BCUT2D eigenvalue weighted by atomic mass is 10.0. The van der Waals surface area contributed by atoms with Crippen LogP contribution in [0.2, 0.25) is 0 Å². The molecule has 0 aromatic rings. The smallest absolute Gasteiger partial charge is 0.407 e. The van der Waals surface area contributed by atoms with Gasteiger partial charge < -0.3 is 29.6 Å². The Balaban J connectivity index is 3.33. The molecule has 10 nitrogen and oxygen atoms in total. The number of nitrogens with one attached hydrogen (secondary N) is 2. The molecule has 10 heteroatoms. The van der Waals surface area contributed by atoms with Crippen LogP contribution in [0.3, 0.4) is 0 Å². The minimum atomic E-state index is -0.367. The molecule has 0 fully saturated rings. The molecule has 2 amide bonds. The highest BCUT2D eigenvalue weighted by atomic mass is 16.6. The molecule has 0 atom stereocenters. The number of alkyl carbamates (subject to hydrolysis) is 2. The molecule has 0 spiro atoms. The second-order valence-corrected chi connectivity index (χ2v) is 20.6. The van der Waals surface area contributed by atoms with Crippen LogP contribution in [0.4, 0.5) is 9.59 Å². The topological polar surface area (TPSA) is 129 Å². The van der Waals surface area contributed by atoms with E-state index in [0.717, 1.165) is 116 Å². The summed E-state index contributed by atoms with van der Waals surface area (Å²) in [7, 11) is 0. The van der Waals surface area contributed by atoms with Gasteiger partial charge >= 0.3 is 24.1 Å². The van der Waals surface area contributed by atoms with Gasteiger partial charge in [0, 0.05) is 25.9 Å². The van der Waals surface area contributed by atoms with E-state index in [1.54, 1.807) is 0 Å². The van der Waals surface area contributed by atoms with Crippen molar-refractivity contribution in [1.82, 2.24) is 10.6 Å². The van der Waals surface area contributed by atoms with E-state index in [9.17, 15) is 19.2 Å². The van der Waals surface area contributed by atoms with Gasteiger partial charge in [-0.05, 0) is 64.2 Å². The van der Waals surface area contributed by atoms with E-state index >= 15 is 0 Å². The Hall–Kier alpha value is -2.52. The molecule has 70 heavy (non-hydrogen) atoms. The first-order valence-corrected chi connectivity index (χ1v) is 30.6. The van der Waals surface area contributed by atoms with Gasteiger partial charge in [0.25, 0.3) is 0 Å². The zero-order valence-electron chi connectivity index (χ0n) is 46.4. The molecule has 0 rings (SSSR count). The van der Waals surface area contributed by atoms with Crippen molar-refractivity contribution in [3.8, 4) is 0 Å². The molecule has 0 saturated carbocycles. The molecule has 0 aromatic heterocycles. The first kappa shape index (κ1) is 67.5. The Bertz CT molecular complexity index is 1020. The van der Waals surface area contributed by atoms with Crippen LogP contribution in [0.15, 0.2) is 0 Å². The van der Waals surface area contributed by atoms with Crippen LogP contribution in [-0.4, -0.2) is 63.6 Å². The van der Waals surface area contributed by atoms with Crippen LogP contribution in [-0.2, 0) is 28.5 Å². The van der Waals surface area contributed by atoms with Gasteiger partial charge in [-0.3, -0.25) is 9.59 Å². The minimum absolute atomic E-state index is 0.0697. The van der Waals surface area contributed by atoms with Crippen molar-refractivity contribution in [2.75, 3.05) is 39.5 Å². The van der Waals surface area contributed by atoms with Crippen molar-refractivity contribution in [3.63, 3.8) is 0 Å². The number of carbonyl (C=O) groups is 4. The third kappa shape index (κ3) is 58.1. The highest BCUT2D eigenvalue weighted by Gasteiger charge is 2.07. The van der Waals surface area contributed by atoms with Crippen LogP contribution in [0.25, 0.3) is 0 Å². The molecule has 0 aliphatic carbocycles. The summed E-state index contributed by atoms with van der Waals surface area (Å²) in [5.74, 6) is -0.204. The molecular formula is C60H116N2O8. The molecule has 2 N–H and O–H groups in total. The molecule has 0 heterocycles. The molecule has 0 bridgehead atoms. The summed E-state index contributed by atoms with van der Waals surface area (Å²) >= 11 is 0. The van der Waals surface area contributed by atoms with Crippen LogP contribution < -0.4 is 10.6 Å². The van der Waals surface area contributed by atoms with Gasteiger partial charge in [-0.1, -0.05) is 245 Å². The normalized spacial score (nSPS) is 11.2. The average molecular weight is 994 g/mol. The van der Waals surface area contributed by atoms with Crippen molar-refractivity contribution < 1.29 is 38.1 Å². The Labute approximate surface area is 432 Å². The summed E-state index contributed by atoms with van der Waals surface area (Å²) in [5.41, 5.74) is 0. The van der Waals surface area contributed by atoms with E-state index in [1.807, 2.05) is 0 Å². The predicted molar refractivity (Wildman–Crippen MR) is 294 cm³/mol. The third-order valence-electron chi connectivity index (χ3n) is 13.7. The number of hydrogen-bond acceptors (Lipinski definition) is 8. The van der Waals surface area contributed by atoms with Gasteiger partial charge in [0.2, 0.25) is 0 Å². The van der Waals surface area contributed by atoms with Gasteiger partial charge in [0.15, 0.2) is 0 Å². The number of unbranched alkanes of at least 4 members (excludes halogenated alkanes) is 41. The fourth-order valence-electron chi connectivity index (χ4n) is 9.04. The van der Waals surface area contributed by atoms with Gasteiger partial charge in [0.05, 0.1) is 26.4 Å². The fourth-order valence-corrected chi connectivity index (χ4v) is 9.04. The predicted octanol–water partition coefficient (Wildman–Crippen LogP) is 18.3. The van der Waals surface area contributed by atoms with Gasteiger partial charge in [-0.25, -0.2) is 9.59 Å². The molecule has 0 aliphatic heterocycles. The largest absolute Gasteiger partial charge is 0.466 e. The molecule has 0 radical (unpaired) electrons. The van der Waals surface area contributed by atoms with Crippen molar-refractivity contribution >= 4 is 24.1 Å². The van der Waals surface area contributed by atoms with Gasteiger partial charge in [-0.2, -0.15) is 0 Å². The molecular weight excluding hydrogens is 877 g/mol. The number of ether oxygens (including phenoxy) is 4. The lowest BCUT2D eigenvalue weighted by molar-refractivity contribution is -0.144. The number of rotatable bonds is 57. The first-order chi connectivity index (χ1) is 34.5. The summed E-state index contributed by atoms with van der Waals surface area (Å²) in [6.45, 7) is 7.67. The summed E-state index contributed by atoms with van der Waals surface area (Å²) < 4.78 is 21.4. The minimum Gasteiger partial charge on any atom is -0.466 e. The van der Waals surface area contributed by atoms with E-state index in [-0.39, 0.29) is 24.1 Å². The van der Waals surface area contributed by atoms with Crippen LogP contribution >= 0.6 is 0 Å². The number of esters is 2. The Morgan fingerprint density at radius 3 is 0.700 bits per heavy atom. The van der Waals surface area contributed by atoms with E-state index in [4.69, 9.17) is 18.9 Å². The first-order valence-electron chi connectivity index (χ1n) is 30.6. The maximum atomic E-state index is 12.1. The number of carbonyl (C=O) groups excluding carboxylic acids is 4. The molecule has 0 unspecified atom stereocenters. The maximum absolute atomic E-state index is 12.1. The average Bonchev–Trinajstić information content (AvgIpc) is 3.35. The molecule has 414 valence electrons. The van der Waals surface area contributed by atoms with Gasteiger partial charge in [0.1, 0.15) is 0 Å². The van der Waals surface area contributed by atoms with Crippen molar-refractivity contribution in [2.24, 2.45) is 0 Å². The highest BCUT2D eigenvalue weighted by molar-refractivity contribution is 5.69. The van der Waals surface area contributed by atoms with E-state index < -0.39 is 0 Å². The van der Waals surface area contributed by atoms with E-state index in [1.165, 1.54) is 180 Å². The zero-order chi connectivity index (χ0) is 50.7. The highest BCUT2D eigenvalue weighted by Crippen LogP contribution is 2.16. The van der Waals surface area contributed by atoms with Crippen LogP contribution in [0.5, 0.6) is 0 Å². The van der Waals surface area contributed by atoms with Crippen LogP contribution in [0.1, 0.15) is 322 Å². The Morgan fingerprint density at radius 1 is 0.243 bits per heavy atom. The molecule has 0 aromatic carbocycles. The van der Waals surface area contributed by atoms with Crippen molar-refractivity contribution in [1.29, 1.82) is 0 Å². The Morgan fingerprint density at radius 2 is 0.443 bits per heavy atom. The number of hydrogen-bond donors (Lipinski definition) is 2. The lowest BCUT2D eigenvalue weighted by Crippen LogP contribution is -2.25. The summed E-state index contributed by atoms with van der Waals surface area (Å²) in [4.78, 5) is 48.1. The summed E-state index contributed by atoms with van der Waals surface area (Å²) in [5, 5.41) is 5.69. The zero-order valence-corrected chi connectivity index (χ0v) is 46.4. The Kier molecular flexibility index (Phi) is 56.9. The van der Waals surface area contributed by atoms with Crippen molar-refractivity contribution in [2.45, 2.75) is 322 Å². The van der Waals surface area contributed by atoms with Gasteiger partial charge in [-0.15, -0.1) is 0 Å². The van der Waals surface area contributed by atoms with Crippen LogP contribution in [0, 0.1) is 0 Å². The standard InChI is InChI=1S/C60H116N2O8/c1-3-5-7-9-11-13-15-17-19-21-23-25-27-29-37-45-53-67-57(63)49-41-33-31-36-44-52-62-60(66)70-56-48-40-39-46-54-68-58(64)50-42-34-32-35-43-51-61-59(65)69-55-47-38-30-28-26-24-22-20-18-16-14-12-10-8-6-4-2/h3-56H2,1-2H3,(H,61,65)(H,62,66). The molecule has 0 aliphatic rings. The quantitative estimate of drug-likeness (QED) is 0.0350. The second-order valence-electron chi connectivity index (χ2n) is 20.6. The monoisotopic (exact) mass is 993 g/mol. The number of amides is 2. The second kappa shape index (κ2) is 59.0. The fraction of sp³-hybridized carbons (Fsp3) is 0.933. The lowest BCUT2D eigenvalue weighted by Gasteiger charge is -2.08. The SMILES string of the molecule is CCCCCCCCCCCCCCCCCCOC(=O)CCCCCCCNC(=O)OCCCCCCOC(=O)CCCCCCCNC(=O)OCCCCCCCCCCCCCCCCCC. The summed E-state index contributed by atoms with van der Waals surface area (Å²) in [6.07, 6.45) is 56.0. The van der Waals surface area contributed by atoms with Crippen molar-refractivity contribution in [3.05, 3.63) is 0 Å². The summed E-state index contributed by atoms with van der Waals surface area (Å²) in [6, 6.07) is 0. The third-order valence-corrected chi connectivity index (χ3v) is 13.7.